The molecule has 1 aromatic heterocycles. The fraction of sp³-hybridized carbons (Fsp3) is 0.333. The highest BCUT2D eigenvalue weighted by molar-refractivity contribution is 7.99. The Kier molecular flexibility index (Phi) is 5.68. The second-order valence-electron chi connectivity index (χ2n) is 4.45. The first-order valence-electron chi connectivity index (χ1n) is 6.61. The molecule has 0 saturated carbocycles. The molecule has 0 unspecified atom stereocenters. The third-order valence-corrected chi connectivity index (χ3v) is 3.73. The quantitative estimate of drug-likeness (QED) is 0.797. The molecule has 1 heterocycles. The largest absolute Gasteiger partial charge is 0.361 e. The normalized spacial score (nSPS) is 10.4. The van der Waals surface area contributed by atoms with E-state index in [2.05, 4.69) is 22.6 Å². The fourth-order valence-electron chi connectivity index (χ4n) is 1.73. The molecule has 0 bridgehead atoms. The first kappa shape index (κ1) is 14.7. The summed E-state index contributed by atoms with van der Waals surface area (Å²) in [5, 5.41) is 6.69. The lowest BCUT2D eigenvalue weighted by Gasteiger charge is -2.04. The third kappa shape index (κ3) is 5.09. The van der Waals surface area contributed by atoms with Gasteiger partial charge in [0, 0.05) is 36.1 Å². The van der Waals surface area contributed by atoms with Gasteiger partial charge in [0.15, 0.2) is 0 Å². The Morgan fingerprint density at radius 3 is 2.85 bits per heavy atom. The summed E-state index contributed by atoms with van der Waals surface area (Å²) >= 11 is 1.69. The smallest absolute Gasteiger partial charge is 0.220 e. The van der Waals surface area contributed by atoms with E-state index < -0.39 is 0 Å². The maximum atomic E-state index is 11.7. The Morgan fingerprint density at radius 2 is 2.15 bits per heavy atom. The van der Waals surface area contributed by atoms with Gasteiger partial charge in [-0.3, -0.25) is 4.79 Å². The van der Waals surface area contributed by atoms with E-state index in [1.807, 2.05) is 31.2 Å². The SMILES string of the molecule is Cc1cc(CCNC(=O)CCSc2ccccc2)on1. The highest BCUT2D eigenvalue weighted by atomic mass is 32.2. The number of nitrogens with one attached hydrogen (secondary N) is 1. The Balaban J connectivity index is 1.59. The first-order valence-corrected chi connectivity index (χ1v) is 7.59. The topological polar surface area (TPSA) is 55.1 Å². The van der Waals surface area contributed by atoms with E-state index in [0.29, 0.717) is 19.4 Å². The van der Waals surface area contributed by atoms with Crippen LogP contribution in [0.4, 0.5) is 0 Å². The summed E-state index contributed by atoms with van der Waals surface area (Å²) in [7, 11) is 0. The molecule has 0 saturated heterocycles. The number of carbonyl (C=O) groups is 1. The number of aromatic nitrogens is 1. The van der Waals surface area contributed by atoms with Crippen molar-refractivity contribution in [2.24, 2.45) is 0 Å². The summed E-state index contributed by atoms with van der Waals surface area (Å²) in [6, 6.07) is 12.0. The molecule has 4 nitrogen and oxygen atoms in total. The highest BCUT2D eigenvalue weighted by Crippen LogP contribution is 2.17. The van der Waals surface area contributed by atoms with E-state index in [9.17, 15) is 4.79 Å². The van der Waals surface area contributed by atoms with Crippen LogP contribution in [0.2, 0.25) is 0 Å². The van der Waals surface area contributed by atoms with Crippen LogP contribution >= 0.6 is 11.8 Å². The van der Waals surface area contributed by atoms with Gasteiger partial charge in [-0.1, -0.05) is 23.4 Å². The van der Waals surface area contributed by atoms with Gasteiger partial charge in [-0.05, 0) is 19.1 Å². The predicted molar refractivity (Wildman–Crippen MR) is 79.7 cm³/mol. The summed E-state index contributed by atoms with van der Waals surface area (Å²) in [6.07, 6.45) is 1.20. The van der Waals surface area contributed by atoms with Crippen molar-refractivity contribution in [2.45, 2.75) is 24.7 Å². The zero-order valence-corrected chi connectivity index (χ0v) is 12.3. The van der Waals surface area contributed by atoms with Crippen LogP contribution in [0.15, 0.2) is 45.8 Å². The third-order valence-electron chi connectivity index (χ3n) is 2.71. The molecule has 0 aliphatic carbocycles. The second-order valence-corrected chi connectivity index (χ2v) is 5.61. The van der Waals surface area contributed by atoms with Crippen molar-refractivity contribution in [3.8, 4) is 0 Å². The number of carbonyl (C=O) groups excluding carboxylic acids is 1. The summed E-state index contributed by atoms with van der Waals surface area (Å²) in [4.78, 5) is 12.9. The van der Waals surface area contributed by atoms with Crippen molar-refractivity contribution in [1.29, 1.82) is 0 Å². The van der Waals surface area contributed by atoms with Crippen LogP contribution in [0.25, 0.3) is 0 Å². The molecule has 2 rings (SSSR count). The molecular formula is C15H18N2O2S. The van der Waals surface area contributed by atoms with Crippen molar-refractivity contribution in [3.05, 3.63) is 47.9 Å². The maximum absolute atomic E-state index is 11.7. The number of nitrogens with zero attached hydrogens (tertiary/aromatic N) is 1. The van der Waals surface area contributed by atoms with Gasteiger partial charge < -0.3 is 9.84 Å². The molecular weight excluding hydrogens is 272 g/mol. The van der Waals surface area contributed by atoms with Crippen LogP contribution in [0.3, 0.4) is 0 Å². The van der Waals surface area contributed by atoms with Crippen LogP contribution in [-0.4, -0.2) is 23.4 Å². The standard InChI is InChI=1S/C15H18N2O2S/c1-12-11-13(19-17-12)7-9-16-15(18)8-10-20-14-5-3-2-4-6-14/h2-6,11H,7-10H2,1H3,(H,16,18). The fourth-order valence-corrected chi connectivity index (χ4v) is 2.60. The predicted octanol–water partition coefficient (Wildman–Crippen LogP) is 2.82. The maximum Gasteiger partial charge on any atom is 0.220 e. The number of benzene rings is 1. The highest BCUT2D eigenvalue weighted by Gasteiger charge is 2.04. The van der Waals surface area contributed by atoms with E-state index in [-0.39, 0.29) is 5.91 Å². The molecule has 1 amide bonds. The number of amides is 1. The molecule has 0 aliphatic rings. The first-order chi connectivity index (χ1) is 9.74. The molecule has 0 radical (unpaired) electrons. The molecule has 5 heteroatoms. The average molecular weight is 290 g/mol. The van der Waals surface area contributed by atoms with Crippen molar-refractivity contribution >= 4 is 17.7 Å². The molecule has 1 N–H and O–H groups in total. The molecule has 20 heavy (non-hydrogen) atoms. The number of thioether (sulfide) groups is 1. The van der Waals surface area contributed by atoms with E-state index in [0.717, 1.165) is 17.2 Å². The number of hydrogen-bond acceptors (Lipinski definition) is 4. The molecule has 0 aliphatic heterocycles. The van der Waals surface area contributed by atoms with Crippen LogP contribution < -0.4 is 5.32 Å². The molecule has 106 valence electrons. The van der Waals surface area contributed by atoms with Gasteiger partial charge in [0.25, 0.3) is 0 Å². The molecule has 2 aromatic rings. The molecule has 0 atom stereocenters. The lowest BCUT2D eigenvalue weighted by molar-refractivity contribution is -0.120. The summed E-state index contributed by atoms with van der Waals surface area (Å²) < 4.78 is 5.08. The second kappa shape index (κ2) is 7.75. The molecule has 0 fully saturated rings. The van der Waals surface area contributed by atoms with Crippen molar-refractivity contribution < 1.29 is 9.32 Å². The zero-order valence-electron chi connectivity index (χ0n) is 11.5. The Hall–Kier alpha value is -1.75. The van der Waals surface area contributed by atoms with Crippen molar-refractivity contribution in [3.63, 3.8) is 0 Å². The van der Waals surface area contributed by atoms with Crippen LogP contribution in [0.1, 0.15) is 17.9 Å². The minimum atomic E-state index is 0.0738. The number of hydrogen-bond donors (Lipinski definition) is 1. The van der Waals surface area contributed by atoms with Gasteiger partial charge in [0.2, 0.25) is 5.91 Å². The number of rotatable bonds is 7. The lowest BCUT2D eigenvalue weighted by atomic mass is 10.3. The zero-order chi connectivity index (χ0) is 14.2. The van der Waals surface area contributed by atoms with E-state index >= 15 is 0 Å². The molecule has 0 spiro atoms. The summed E-state index contributed by atoms with van der Waals surface area (Å²) in [5.41, 5.74) is 0.866. The van der Waals surface area contributed by atoms with Gasteiger partial charge in [-0.25, -0.2) is 0 Å². The van der Waals surface area contributed by atoms with E-state index in [1.165, 1.54) is 4.90 Å². The van der Waals surface area contributed by atoms with E-state index in [4.69, 9.17) is 4.52 Å². The monoisotopic (exact) mass is 290 g/mol. The van der Waals surface area contributed by atoms with E-state index in [1.54, 1.807) is 11.8 Å². The van der Waals surface area contributed by atoms with Gasteiger partial charge >= 0.3 is 0 Å². The Bertz CT molecular complexity index is 540. The van der Waals surface area contributed by atoms with Crippen LogP contribution in [0, 0.1) is 6.92 Å². The average Bonchev–Trinajstić information content (AvgIpc) is 2.86. The minimum absolute atomic E-state index is 0.0738. The Labute approximate surface area is 122 Å². The van der Waals surface area contributed by atoms with Gasteiger partial charge in [0.1, 0.15) is 5.76 Å². The molecule has 1 aromatic carbocycles. The minimum Gasteiger partial charge on any atom is -0.361 e. The van der Waals surface area contributed by atoms with Crippen molar-refractivity contribution in [1.82, 2.24) is 10.5 Å². The Morgan fingerprint density at radius 1 is 1.35 bits per heavy atom. The lowest BCUT2D eigenvalue weighted by Crippen LogP contribution is -2.25. The van der Waals surface area contributed by atoms with Crippen LogP contribution in [-0.2, 0) is 11.2 Å². The van der Waals surface area contributed by atoms with Crippen LogP contribution in [0.5, 0.6) is 0 Å². The number of aryl methyl sites for hydroxylation is 1. The van der Waals surface area contributed by atoms with Gasteiger partial charge in [0.05, 0.1) is 5.69 Å². The van der Waals surface area contributed by atoms with Gasteiger partial charge in [-0.2, -0.15) is 0 Å². The summed E-state index contributed by atoms with van der Waals surface area (Å²) in [5.74, 6) is 1.67. The van der Waals surface area contributed by atoms with Gasteiger partial charge in [-0.15, -0.1) is 11.8 Å². The summed E-state index contributed by atoms with van der Waals surface area (Å²) in [6.45, 7) is 2.47. The van der Waals surface area contributed by atoms with Crippen molar-refractivity contribution in [2.75, 3.05) is 12.3 Å².